The Morgan fingerprint density at radius 1 is 0.960 bits per heavy atom. The standard InChI is InChI=1S/C20H23FN2O2/c1-20(2,3)16-6-4-5-7-17(16)23-19(25)13-22-18(24)12-14-8-10-15(21)11-9-14/h4-11H,12-13H2,1-3H3,(H,22,24)(H,23,25). The van der Waals surface area contributed by atoms with Gasteiger partial charge < -0.3 is 10.6 Å². The highest BCUT2D eigenvalue weighted by Gasteiger charge is 2.18. The monoisotopic (exact) mass is 342 g/mol. The van der Waals surface area contributed by atoms with E-state index in [0.29, 0.717) is 5.56 Å². The summed E-state index contributed by atoms with van der Waals surface area (Å²) in [6.45, 7) is 6.10. The highest BCUT2D eigenvalue weighted by Crippen LogP contribution is 2.29. The van der Waals surface area contributed by atoms with Crippen LogP contribution in [-0.4, -0.2) is 18.4 Å². The molecular formula is C20H23FN2O2. The van der Waals surface area contributed by atoms with E-state index >= 15 is 0 Å². The average molecular weight is 342 g/mol. The van der Waals surface area contributed by atoms with Crippen molar-refractivity contribution >= 4 is 17.5 Å². The fourth-order valence-electron chi connectivity index (χ4n) is 2.47. The first-order valence-corrected chi connectivity index (χ1v) is 8.16. The van der Waals surface area contributed by atoms with Gasteiger partial charge in [0.15, 0.2) is 0 Å². The molecule has 0 aromatic heterocycles. The number of carbonyl (C=O) groups is 2. The fourth-order valence-corrected chi connectivity index (χ4v) is 2.47. The van der Waals surface area contributed by atoms with Crippen LogP contribution in [0.25, 0.3) is 0 Å². The molecule has 0 unspecified atom stereocenters. The molecule has 0 aliphatic rings. The van der Waals surface area contributed by atoms with Crippen molar-refractivity contribution in [1.82, 2.24) is 5.32 Å². The minimum atomic E-state index is -0.346. The van der Waals surface area contributed by atoms with Gasteiger partial charge in [-0.3, -0.25) is 9.59 Å². The number of nitrogens with one attached hydrogen (secondary N) is 2. The van der Waals surface area contributed by atoms with Crippen LogP contribution in [0.4, 0.5) is 10.1 Å². The van der Waals surface area contributed by atoms with E-state index in [9.17, 15) is 14.0 Å². The number of rotatable bonds is 5. The van der Waals surface area contributed by atoms with Crippen molar-refractivity contribution in [3.8, 4) is 0 Å². The van der Waals surface area contributed by atoms with Crippen molar-refractivity contribution < 1.29 is 14.0 Å². The first-order chi connectivity index (χ1) is 11.8. The molecule has 2 aromatic carbocycles. The van der Waals surface area contributed by atoms with Crippen LogP contribution in [0.15, 0.2) is 48.5 Å². The van der Waals surface area contributed by atoms with Crippen molar-refractivity contribution in [2.45, 2.75) is 32.6 Å². The minimum Gasteiger partial charge on any atom is -0.347 e. The summed E-state index contributed by atoms with van der Waals surface area (Å²) in [6.07, 6.45) is 0.103. The van der Waals surface area contributed by atoms with Crippen molar-refractivity contribution in [3.63, 3.8) is 0 Å². The molecule has 0 heterocycles. The van der Waals surface area contributed by atoms with Crippen LogP contribution in [0.1, 0.15) is 31.9 Å². The Kier molecular flexibility index (Phi) is 5.91. The van der Waals surface area contributed by atoms with Gasteiger partial charge in [0, 0.05) is 5.69 Å². The Balaban J connectivity index is 1.89. The van der Waals surface area contributed by atoms with E-state index in [2.05, 4.69) is 31.4 Å². The summed E-state index contributed by atoms with van der Waals surface area (Å²) in [7, 11) is 0. The Bertz CT molecular complexity index is 749. The third kappa shape index (κ3) is 5.71. The largest absolute Gasteiger partial charge is 0.347 e. The second-order valence-corrected chi connectivity index (χ2v) is 6.92. The van der Waals surface area contributed by atoms with E-state index in [-0.39, 0.29) is 36.0 Å². The van der Waals surface area contributed by atoms with Crippen molar-refractivity contribution in [1.29, 1.82) is 0 Å². The summed E-state index contributed by atoms with van der Waals surface area (Å²) < 4.78 is 12.8. The smallest absolute Gasteiger partial charge is 0.243 e. The normalized spacial score (nSPS) is 11.0. The van der Waals surface area contributed by atoms with Crippen LogP contribution in [0.2, 0.25) is 0 Å². The summed E-state index contributed by atoms with van der Waals surface area (Å²) in [5.41, 5.74) is 2.36. The molecule has 0 radical (unpaired) electrons. The maximum absolute atomic E-state index is 12.8. The van der Waals surface area contributed by atoms with Crippen molar-refractivity contribution in [3.05, 3.63) is 65.5 Å². The quantitative estimate of drug-likeness (QED) is 0.875. The Morgan fingerprint density at radius 2 is 1.60 bits per heavy atom. The third-order valence-electron chi connectivity index (χ3n) is 3.73. The molecule has 2 rings (SSSR count). The Labute approximate surface area is 147 Å². The molecule has 132 valence electrons. The molecule has 4 nitrogen and oxygen atoms in total. The molecule has 0 saturated carbocycles. The van der Waals surface area contributed by atoms with Crippen LogP contribution in [0.5, 0.6) is 0 Å². The second-order valence-electron chi connectivity index (χ2n) is 6.92. The van der Waals surface area contributed by atoms with Gasteiger partial charge in [-0.2, -0.15) is 0 Å². The number of hydrogen-bond donors (Lipinski definition) is 2. The minimum absolute atomic E-state index is 0.101. The van der Waals surface area contributed by atoms with Crippen LogP contribution < -0.4 is 10.6 Å². The summed E-state index contributed by atoms with van der Waals surface area (Å²) in [5, 5.41) is 5.42. The van der Waals surface area contributed by atoms with Crippen molar-refractivity contribution in [2.24, 2.45) is 0 Å². The number of anilines is 1. The number of hydrogen-bond acceptors (Lipinski definition) is 2. The molecule has 2 N–H and O–H groups in total. The number of para-hydroxylation sites is 1. The van der Waals surface area contributed by atoms with Gasteiger partial charge in [0.2, 0.25) is 11.8 Å². The lowest BCUT2D eigenvalue weighted by Crippen LogP contribution is -2.34. The SMILES string of the molecule is CC(C)(C)c1ccccc1NC(=O)CNC(=O)Cc1ccc(F)cc1. The molecule has 2 aromatic rings. The molecule has 2 amide bonds. The predicted octanol–water partition coefficient (Wildman–Crippen LogP) is 3.42. The highest BCUT2D eigenvalue weighted by atomic mass is 19.1. The number of amides is 2. The summed E-state index contributed by atoms with van der Waals surface area (Å²) in [5.74, 6) is -0.920. The lowest BCUT2D eigenvalue weighted by molar-refractivity contribution is -0.123. The summed E-state index contributed by atoms with van der Waals surface area (Å²) >= 11 is 0. The van der Waals surface area contributed by atoms with Crippen LogP contribution in [-0.2, 0) is 21.4 Å². The molecule has 0 spiro atoms. The van der Waals surface area contributed by atoms with Gasteiger partial charge in [-0.1, -0.05) is 51.1 Å². The van der Waals surface area contributed by atoms with Gasteiger partial charge in [-0.25, -0.2) is 4.39 Å². The Hall–Kier alpha value is -2.69. The van der Waals surface area contributed by atoms with E-state index in [1.54, 1.807) is 12.1 Å². The third-order valence-corrected chi connectivity index (χ3v) is 3.73. The molecule has 0 bridgehead atoms. The molecule has 0 aliphatic heterocycles. The van der Waals surface area contributed by atoms with E-state index in [0.717, 1.165) is 11.3 Å². The molecule has 0 atom stereocenters. The predicted molar refractivity (Wildman–Crippen MR) is 96.9 cm³/mol. The molecule has 0 fully saturated rings. The summed E-state index contributed by atoms with van der Waals surface area (Å²) in [6, 6.07) is 13.3. The van der Waals surface area contributed by atoms with Gasteiger partial charge >= 0.3 is 0 Å². The lowest BCUT2D eigenvalue weighted by Gasteiger charge is -2.23. The Morgan fingerprint density at radius 3 is 2.24 bits per heavy atom. The second kappa shape index (κ2) is 7.92. The van der Waals surface area contributed by atoms with Crippen LogP contribution in [0.3, 0.4) is 0 Å². The zero-order valence-corrected chi connectivity index (χ0v) is 14.7. The zero-order valence-electron chi connectivity index (χ0n) is 14.7. The van der Waals surface area contributed by atoms with Gasteiger partial charge in [0.05, 0.1) is 13.0 Å². The van der Waals surface area contributed by atoms with E-state index in [1.165, 1.54) is 12.1 Å². The van der Waals surface area contributed by atoms with Gasteiger partial charge in [0.1, 0.15) is 5.82 Å². The number of halogens is 1. The average Bonchev–Trinajstić information content (AvgIpc) is 2.55. The topological polar surface area (TPSA) is 58.2 Å². The van der Waals surface area contributed by atoms with Crippen LogP contribution in [0, 0.1) is 5.82 Å². The molecule has 0 saturated heterocycles. The highest BCUT2D eigenvalue weighted by molar-refractivity contribution is 5.95. The van der Waals surface area contributed by atoms with Gasteiger partial charge in [0.25, 0.3) is 0 Å². The van der Waals surface area contributed by atoms with E-state index < -0.39 is 0 Å². The molecule has 25 heavy (non-hydrogen) atoms. The number of benzene rings is 2. The maximum Gasteiger partial charge on any atom is 0.243 e. The fraction of sp³-hybridized carbons (Fsp3) is 0.300. The maximum atomic E-state index is 12.8. The van der Waals surface area contributed by atoms with E-state index in [4.69, 9.17) is 0 Å². The zero-order chi connectivity index (χ0) is 18.4. The van der Waals surface area contributed by atoms with E-state index in [1.807, 2.05) is 24.3 Å². The lowest BCUT2D eigenvalue weighted by atomic mass is 9.86. The molecule has 0 aliphatic carbocycles. The summed E-state index contributed by atoms with van der Waals surface area (Å²) in [4.78, 5) is 24.0. The first-order valence-electron chi connectivity index (χ1n) is 8.16. The van der Waals surface area contributed by atoms with Crippen molar-refractivity contribution in [2.75, 3.05) is 11.9 Å². The van der Waals surface area contributed by atoms with Gasteiger partial charge in [-0.15, -0.1) is 0 Å². The van der Waals surface area contributed by atoms with Crippen LogP contribution >= 0.6 is 0 Å². The number of carbonyl (C=O) groups excluding carboxylic acids is 2. The van der Waals surface area contributed by atoms with Gasteiger partial charge in [-0.05, 0) is 34.7 Å². The molecule has 5 heteroatoms. The first kappa shape index (κ1) is 18.6. The molecular weight excluding hydrogens is 319 g/mol.